The van der Waals surface area contributed by atoms with Gasteiger partial charge in [-0.15, -0.1) is 35.8 Å². The Labute approximate surface area is 188 Å². The van der Waals surface area contributed by atoms with Gasteiger partial charge in [-0.25, -0.2) is 0 Å². The zero-order valence-corrected chi connectivity index (χ0v) is 19.7. The van der Waals surface area contributed by atoms with Gasteiger partial charge in [-0.05, 0) is 39.0 Å². The normalized spacial score (nSPS) is 37.2. The summed E-state index contributed by atoms with van der Waals surface area (Å²) in [5.74, 6) is 0.350. The molecule has 0 spiro atoms. The number of halogens is 2. The number of hydrogen-bond donors (Lipinski definition) is 4. The quantitative estimate of drug-likeness (QED) is 0.378. The monoisotopic (exact) mass is 478 g/mol. The molecule has 0 radical (unpaired) electrons. The molecule has 0 aliphatic carbocycles. The van der Waals surface area contributed by atoms with E-state index in [1.54, 1.807) is 13.2 Å². The van der Waals surface area contributed by atoms with Gasteiger partial charge in [-0.1, -0.05) is 13.3 Å². The first kappa shape index (κ1) is 29.2. The second-order valence-corrected chi connectivity index (χ2v) is 9.36. The molecule has 6 N–H and O–H groups in total. The van der Waals surface area contributed by atoms with Crippen LogP contribution in [-0.2, 0) is 9.53 Å². The van der Waals surface area contributed by atoms with Crippen LogP contribution in [0.2, 0.25) is 0 Å². The van der Waals surface area contributed by atoms with E-state index in [9.17, 15) is 20.1 Å². The Balaban J connectivity index is 0.00000392. The van der Waals surface area contributed by atoms with Crippen LogP contribution in [-0.4, -0.2) is 98.8 Å². The number of likely N-dealkylation sites (tertiary alicyclic amines) is 1. The third kappa shape index (κ3) is 6.82. The molecule has 0 bridgehead atoms. The zero-order chi connectivity index (χ0) is 20.3. The molecule has 174 valence electrons. The Morgan fingerprint density at radius 1 is 1.31 bits per heavy atom. The minimum absolute atomic E-state index is 0. The molecule has 2 rings (SSSR count). The fourth-order valence-electron chi connectivity index (χ4n) is 4.11. The standard InChI is InChI=1S/C18H33ClN2O5S.ClH.H2O/c1-5-6-10-7-11(21(3)8-10)17(25)20-12(9(2)19)16-14(23)13(22)15(24)18(26-16)27-4;;/h9-16,18,22-24H,5-8H2,1-4H3,(H,20,25);1H;1H2. The lowest BCUT2D eigenvalue weighted by atomic mass is 9.92. The van der Waals surface area contributed by atoms with Crippen molar-refractivity contribution in [1.82, 2.24) is 10.2 Å². The summed E-state index contributed by atoms with van der Waals surface area (Å²) in [5, 5.41) is 33.0. The highest BCUT2D eigenvalue weighted by Crippen LogP contribution is 2.31. The molecule has 0 aromatic carbocycles. The average molecular weight is 479 g/mol. The Kier molecular flexibility index (Phi) is 13.0. The number of ether oxygens (including phenoxy) is 1. The van der Waals surface area contributed by atoms with Crippen molar-refractivity contribution in [2.75, 3.05) is 19.8 Å². The molecule has 2 saturated heterocycles. The fourth-order valence-corrected chi connectivity index (χ4v) is 5.00. The second-order valence-electron chi connectivity index (χ2n) is 7.73. The maximum Gasteiger partial charge on any atom is 0.237 e. The topological polar surface area (TPSA) is 134 Å². The Morgan fingerprint density at radius 3 is 2.45 bits per heavy atom. The number of nitrogens with zero attached hydrogens (tertiary/aromatic N) is 1. The molecule has 0 aromatic heterocycles. The molecule has 2 fully saturated rings. The molecule has 29 heavy (non-hydrogen) atoms. The molecule has 9 unspecified atom stereocenters. The van der Waals surface area contributed by atoms with Crippen molar-refractivity contribution in [1.29, 1.82) is 0 Å². The number of aliphatic hydroxyl groups excluding tert-OH is 3. The number of carbonyl (C=O) groups excluding carboxylic acids is 1. The number of alkyl halides is 1. The maximum atomic E-state index is 12.9. The number of aliphatic hydroxyl groups is 3. The van der Waals surface area contributed by atoms with Gasteiger partial charge in [0.05, 0.1) is 17.5 Å². The Morgan fingerprint density at radius 2 is 1.93 bits per heavy atom. The van der Waals surface area contributed by atoms with Crippen molar-refractivity contribution in [3.8, 4) is 0 Å². The third-order valence-electron chi connectivity index (χ3n) is 5.63. The van der Waals surface area contributed by atoms with Gasteiger partial charge in [-0.3, -0.25) is 9.69 Å². The smallest absolute Gasteiger partial charge is 0.237 e. The van der Waals surface area contributed by atoms with Crippen LogP contribution in [0, 0.1) is 5.92 Å². The van der Waals surface area contributed by atoms with E-state index in [4.69, 9.17) is 16.3 Å². The molecule has 11 heteroatoms. The number of amides is 1. The number of carbonyl (C=O) groups is 1. The highest BCUT2D eigenvalue weighted by molar-refractivity contribution is 7.99. The molecule has 0 saturated carbocycles. The highest BCUT2D eigenvalue weighted by Gasteiger charge is 2.48. The van der Waals surface area contributed by atoms with E-state index in [2.05, 4.69) is 12.2 Å². The summed E-state index contributed by atoms with van der Waals surface area (Å²) in [7, 11) is 1.94. The van der Waals surface area contributed by atoms with Crippen LogP contribution in [0.4, 0.5) is 0 Å². The molecule has 9 atom stereocenters. The van der Waals surface area contributed by atoms with Crippen LogP contribution < -0.4 is 5.32 Å². The summed E-state index contributed by atoms with van der Waals surface area (Å²) in [6.45, 7) is 4.74. The molecular formula is C18H36Cl2N2O6S. The maximum absolute atomic E-state index is 12.9. The number of hydrogen-bond acceptors (Lipinski definition) is 7. The van der Waals surface area contributed by atoms with Gasteiger partial charge >= 0.3 is 0 Å². The van der Waals surface area contributed by atoms with Gasteiger partial charge in [0.25, 0.3) is 0 Å². The summed E-state index contributed by atoms with van der Waals surface area (Å²) < 4.78 is 5.79. The van der Waals surface area contributed by atoms with Crippen molar-refractivity contribution in [3.63, 3.8) is 0 Å². The minimum atomic E-state index is -1.36. The highest BCUT2D eigenvalue weighted by atomic mass is 35.5. The summed E-state index contributed by atoms with van der Waals surface area (Å²) in [6, 6.07) is -0.934. The predicted octanol–water partition coefficient (Wildman–Crippen LogP) is -0.0134. The van der Waals surface area contributed by atoms with Crippen LogP contribution in [0.25, 0.3) is 0 Å². The van der Waals surface area contributed by atoms with Crippen LogP contribution in [0.1, 0.15) is 33.1 Å². The number of nitrogens with one attached hydrogen (secondary N) is 1. The van der Waals surface area contributed by atoms with E-state index in [0.717, 1.165) is 25.8 Å². The fraction of sp³-hybridized carbons (Fsp3) is 0.944. The summed E-state index contributed by atoms with van der Waals surface area (Å²) >= 11 is 7.55. The van der Waals surface area contributed by atoms with E-state index in [1.807, 2.05) is 11.9 Å². The molecular weight excluding hydrogens is 443 g/mol. The number of thioether (sulfide) groups is 1. The van der Waals surface area contributed by atoms with Gasteiger partial charge in [0.1, 0.15) is 29.9 Å². The molecule has 2 aliphatic heterocycles. The van der Waals surface area contributed by atoms with Gasteiger partial charge in [0, 0.05) is 6.54 Å². The number of rotatable bonds is 7. The van der Waals surface area contributed by atoms with Crippen LogP contribution >= 0.6 is 35.8 Å². The predicted molar refractivity (Wildman–Crippen MR) is 118 cm³/mol. The van der Waals surface area contributed by atoms with Crippen molar-refractivity contribution < 1.29 is 30.3 Å². The van der Waals surface area contributed by atoms with E-state index in [-0.39, 0.29) is 29.8 Å². The van der Waals surface area contributed by atoms with E-state index in [0.29, 0.717) is 5.92 Å². The summed E-state index contributed by atoms with van der Waals surface area (Å²) in [6.07, 6.45) is -0.0980. The van der Waals surface area contributed by atoms with Crippen molar-refractivity contribution >= 4 is 41.7 Å². The van der Waals surface area contributed by atoms with E-state index >= 15 is 0 Å². The SMILES string of the molecule is CCCC1CC(C(=O)NC(C(C)Cl)C2OC(SC)C(O)C(O)C2O)N(C)C1.Cl.O. The Hall–Kier alpha value is 0.160. The second kappa shape index (κ2) is 12.9. The van der Waals surface area contributed by atoms with Crippen molar-refractivity contribution in [3.05, 3.63) is 0 Å². The van der Waals surface area contributed by atoms with E-state index < -0.39 is 41.3 Å². The molecule has 2 aliphatic rings. The first-order valence-electron chi connectivity index (χ1n) is 9.58. The molecule has 8 nitrogen and oxygen atoms in total. The Bertz CT molecular complexity index is 505. The lowest BCUT2D eigenvalue weighted by Crippen LogP contribution is -2.65. The number of likely N-dealkylation sites (N-methyl/N-ethyl adjacent to an activating group) is 1. The van der Waals surface area contributed by atoms with Crippen molar-refractivity contribution in [2.45, 2.75) is 80.4 Å². The van der Waals surface area contributed by atoms with Crippen LogP contribution in [0.5, 0.6) is 0 Å². The van der Waals surface area contributed by atoms with Crippen molar-refractivity contribution in [2.24, 2.45) is 5.92 Å². The molecule has 0 aromatic rings. The summed E-state index contributed by atoms with van der Waals surface area (Å²) in [4.78, 5) is 14.9. The van der Waals surface area contributed by atoms with Gasteiger partial charge in [0.15, 0.2) is 0 Å². The van der Waals surface area contributed by atoms with Crippen LogP contribution in [0.15, 0.2) is 0 Å². The van der Waals surface area contributed by atoms with Crippen LogP contribution in [0.3, 0.4) is 0 Å². The lowest BCUT2D eigenvalue weighted by molar-refractivity contribution is -0.205. The first-order chi connectivity index (χ1) is 12.7. The average Bonchev–Trinajstić information content (AvgIpc) is 2.99. The molecule has 2 heterocycles. The van der Waals surface area contributed by atoms with Gasteiger partial charge in [-0.2, -0.15) is 0 Å². The summed E-state index contributed by atoms with van der Waals surface area (Å²) in [5.41, 5.74) is -0.702. The largest absolute Gasteiger partial charge is 0.412 e. The van der Waals surface area contributed by atoms with Gasteiger partial charge < -0.3 is 30.8 Å². The lowest BCUT2D eigenvalue weighted by Gasteiger charge is -2.44. The van der Waals surface area contributed by atoms with Gasteiger partial charge in [0.2, 0.25) is 5.91 Å². The van der Waals surface area contributed by atoms with E-state index in [1.165, 1.54) is 11.8 Å². The minimum Gasteiger partial charge on any atom is -0.412 e. The third-order valence-corrected chi connectivity index (χ3v) is 6.76. The zero-order valence-electron chi connectivity index (χ0n) is 17.3. The first-order valence-corrected chi connectivity index (χ1v) is 11.3. The molecule has 1 amide bonds.